The van der Waals surface area contributed by atoms with Crippen LogP contribution in [0.25, 0.3) is 0 Å². The summed E-state index contributed by atoms with van der Waals surface area (Å²) in [7, 11) is -3.27. The topological polar surface area (TPSA) is 89.3 Å². The third-order valence-electron chi connectivity index (χ3n) is 4.09. The van der Waals surface area contributed by atoms with Crippen molar-refractivity contribution < 1.29 is 13.2 Å². The number of rotatable bonds is 3. The fraction of sp³-hybridized carbons (Fsp3) is 0.500. The molecule has 1 heterocycles. The second-order valence-corrected chi connectivity index (χ2v) is 8.41. The van der Waals surface area contributed by atoms with E-state index >= 15 is 0 Å². The highest BCUT2D eigenvalue weighted by Crippen LogP contribution is 2.33. The Morgan fingerprint density at radius 3 is 2.55 bits per heavy atom. The average Bonchev–Trinajstić information content (AvgIpc) is 2.35. The van der Waals surface area contributed by atoms with Crippen LogP contribution in [0.5, 0.6) is 0 Å². The van der Waals surface area contributed by atoms with Gasteiger partial charge in [0.1, 0.15) is 0 Å². The Kier molecular flexibility index (Phi) is 3.64. The maximum atomic E-state index is 11.9. The largest absolute Gasteiger partial charge is 0.326 e. The first-order valence-corrected chi connectivity index (χ1v) is 8.40. The zero-order chi connectivity index (χ0) is 15.1. The van der Waals surface area contributed by atoms with Crippen LogP contribution in [-0.2, 0) is 21.1 Å². The van der Waals surface area contributed by atoms with Crippen molar-refractivity contribution in [2.45, 2.75) is 37.5 Å². The molecular formula is C14H20N2O3S. The molecule has 3 N–H and O–H groups in total. The number of carbonyl (C=O) groups excluding carboxylic acids is 1. The number of amides is 1. The normalized spacial score (nSPS) is 17.3. The molecule has 0 saturated heterocycles. The van der Waals surface area contributed by atoms with Gasteiger partial charge in [0, 0.05) is 24.4 Å². The van der Waals surface area contributed by atoms with E-state index < -0.39 is 20.6 Å². The van der Waals surface area contributed by atoms with Crippen LogP contribution in [0.4, 0.5) is 5.69 Å². The van der Waals surface area contributed by atoms with E-state index in [2.05, 4.69) is 5.32 Å². The molecule has 1 unspecified atom stereocenters. The highest BCUT2D eigenvalue weighted by Gasteiger charge is 2.38. The van der Waals surface area contributed by atoms with Crippen molar-refractivity contribution in [2.75, 3.05) is 11.6 Å². The smallest absolute Gasteiger partial charge is 0.224 e. The van der Waals surface area contributed by atoms with Crippen LogP contribution in [0.3, 0.4) is 0 Å². The van der Waals surface area contributed by atoms with Crippen molar-refractivity contribution in [1.82, 2.24) is 0 Å². The molecule has 0 saturated carbocycles. The second kappa shape index (κ2) is 4.86. The van der Waals surface area contributed by atoms with Crippen LogP contribution in [0, 0.1) is 0 Å². The number of aryl methyl sites for hydroxylation is 1. The third-order valence-corrected chi connectivity index (χ3v) is 6.25. The van der Waals surface area contributed by atoms with E-state index in [0.717, 1.165) is 16.8 Å². The number of benzene rings is 1. The van der Waals surface area contributed by atoms with Crippen molar-refractivity contribution in [1.29, 1.82) is 0 Å². The molecule has 1 aliphatic heterocycles. The summed E-state index contributed by atoms with van der Waals surface area (Å²) < 4.78 is 22.7. The molecule has 1 aliphatic rings. The van der Waals surface area contributed by atoms with Gasteiger partial charge in [-0.15, -0.1) is 0 Å². The van der Waals surface area contributed by atoms with Gasteiger partial charge >= 0.3 is 0 Å². The number of hydrogen-bond acceptors (Lipinski definition) is 4. The minimum absolute atomic E-state index is 0.00557. The number of nitrogens with one attached hydrogen (secondary N) is 1. The summed E-state index contributed by atoms with van der Waals surface area (Å²) in [5, 5.41) is 2.80. The minimum Gasteiger partial charge on any atom is -0.326 e. The maximum absolute atomic E-state index is 11.9. The van der Waals surface area contributed by atoms with E-state index in [1.165, 1.54) is 6.26 Å². The van der Waals surface area contributed by atoms with Gasteiger partial charge in [-0.3, -0.25) is 4.79 Å². The molecule has 1 aromatic carbocycles. The van der Waals surface area contributed by atoms with Gasteiger partial charge in [0.25, 0.3) is 0 Å². The van der Waals surface area contributed by atoms with E-state index in [0.29, 0.717) is 12.8 Å². The van der Waals surface area contributed by atoms with Crippen LogP contribution < -0.4 is 11.1 Å². The molecule has 0 radical (unpaired) electrons. The molecule has 0 spiro atoms. The summed E-state index contributed by atoms with van der Waals surface area (Å²) in [6, 6.07) is 4.86. The first kappa shape index (κ1) is 15.0. The Morgan fingerprint density at radius 2 is 1.95 bits per heavy atom. The van der Waals surface area contributed by atoms with Crippen LogP contribution in [0.15, 0.2) is 18.2 Å². The summed E-state index contributed by atoms with van der Waals surface area (Å²) >= 11 is 0. The van der Waals surface area contributed by atoms with Crippen LogP contribution >= 0.6 is 0 Å². The van der Waals surface area contributed by atoms with Crippen molar-refractivity contribution in [3.63, 3.8) is 0 Å². The Balaban J connectivity index is 2.38. The number of nitrogens with two attached hydrogens (primary N) is 1. The molecule has 20 heavy (non-hydrogen) atoms. The van der Waals surface area contributed by atoms with Gasteiger partial charge < -0.3 is 11.1 Å². The van der Waals surface area contributed by atoms with Gasteiger partial charge in [0.05, 0.1) is 4.75 Å². The zero-order valence-electron chi connectivity index (χ0n) is 11.9. The van der Waals surface area contributed by atoms with Gasteiger partial charge in [0.2, 0.25) is 5.91 Å². The number of anilines is 1. The van der Waals surface area contributed by atoms with Crippen LogP contribution in [0.2, 0.25) is 0 Å². The summed E-state index contributed by atoms with van der Waals surface area (Å²) in [5.41, 5.74) is 8.71. The Hall–Kier alpha value is -1.40. The van der Waals surface area contributed by atoms with E-state index in [9.17, 15) is 13.2 Å². The molecule has 0 aliphatic carbocycles. The predicted octanol–water partition coefficient (Wildman–Crippen LogP) is 1.39. The first-order valence-electron chi connectivity index (χ1n) is 6.51. The van der Waals surface area contributed by atoms with Crippen molar-refractivity contribution in [2.24, 2.45) is 5.73 Å². The predicted molar refractivity (Wildman–Crippen MR) is 79.2 cm³/mol. The summed E-state index contributed by atoms with van der Waals surface area (Å²) in [5.74, 6) is 0.00557. The number of fused-ring (bicyclic) bond motifs is 1. The molecule has 0 bridgehead atoms. The third kappa shape index (κ3) is 2.58. The van der Waals surface area contributed by atoms with E-state index in [4.69, 9.17) is 5.73 Å². The quantitative estimate of drug-likeness (QED) is 0.882. The van der Waals surface area contributed by atoms with Crippen LogP contribution in [-0.4, -0.2) is 25.3 Å². The SMILES string of the molecule is CC(C)(C(N)c1ccc2c(c1)CCC(=O)N2)S(C)(=O)=O. The molecule has 6 heteroatoms. The molecule has 5 nitrogen and oxygen atoms in total. The highest BCUT2D eigenvalue weighted by atomic mass is 32.2. The molecule has 0 fully saturated rings. The first-order chi connectivity index (χ1) is 9.13. The van der Waals surface area contributed by atoms with Crippen molar-refractivity contribution >= 4 is 21.4 Å². The van der Waals surface area contributed by atoms with Gasteiger partial charge in [-0.05, 0) is 37.5 Å². The Morgan fingerprint density at radius 1 is 1.30 bits per heavy atom. The van der Waals surface area contributed by atoms with E-state index in [1.807, 2.05) is 6.07 Å². The molecule has 1 amide bonds. The van der Waals surface area contributed by atoms with Gasteiger partial charge in [-0.2, -0.15) is 0 Å². The fourth-order valence-corrected chi connectivity index (χ4v) is 2.83. The molecule has 1 atom stereocenters. The zero-order valence-corrected chi connectivity index (χ0v) is 12.8. The van der Waals surface area contributed by atoms with Crippen LogP contribution in [0.1, 0.15) is 37.4 Å². The molecule has 110 valence electrons. The molecule has 0 aromatic heterocycles. The van der Waals surface area contributed by atoms with Crippen molar-refractivity contribution in [3.05, 3.63) is 29.3 Å². The number of hydrogen-bond donors (Lipinski definition) is 2. The summed E-state index contributed by atoms with van der Waals surface area (Å²) in [6.45, 7) is 3.27. The monoisotopic (exact) mass is 296 g/mol. The summed E-state index contributed by atoms with van der Waals surface area (Å²) in [4.78, 5) is 11.3. The Bertz CT molecular complexity index is 650. The minimum atomic E-state index is -3.27. The number of carbonyl (C=O) groups is 1. The number of sulfone groups is 1. The van der Waals surface area contributed by atoms with E-state index in [-0.39, 0.29) is 5.91 Å². The lowest BCUT2D eigenvalue weighted by molar-refractivity contribution is -0.116. The Labute approximate surface area is 119 Å². The molecular weight excluding hydrogens is 276 g/mol. The van der Waals surface area contributed by atoms with Gasteiger partial charge in [0.15, 0.2) is 9.84 Å². The molecule has 1 aromatic rings. The van der Waals surface area contributed by atoms with Crippen molar-refractivity contribution in [3.8, 4) is 0 Å². The van der Waals surface area contributed by atoms with Gasteiger partial charge in [-0.1, -0.05) is 12.1 Å². The lowest BCUT2D eigenvalue weighted by Gasteiger charge is -2.30. The lowest BCUT2D eigenvalue weighted by atomic mass is 9.92. The highest BCUT2D eigenvalue weighted by molar-refractivity contribution is 7.92. The average molecular weight is 296 g/mol. The molecule has 2 rings (SSSR count). The van der Waals surface area contributed by atoms with E-state index in [1.54, 1.807) is 26.0 Å². The van der Waals surface area contributed by atoms with Gasteiger partial charge in [-0.25, -0.2) is 8.42 Å². The second-order valence-electron chi connectivity index (χ2n) is 5.82. The summed E-state index contributed by atoms with van der Waals surface area (Å²) in [6.07, 6.45) is 2.30. The lowest BCUT2D eigenvalue weighted by Crippen LogP contribution is -2.42. The standard InChI is InChI=1S/C14H20N2O3S/c1-14(2,20(3,18)19)13(15)10-4-6-11-9(8-10)5-7-12(17)16-11/h4,6,8,13H,5,7,15H2,1-3H3,(H,16,17). The fourth-order valence-electron chi connectivity index (χ4n) is 2.23. The maximum Gasteiger partial charge on any atom is 0.224 e.